The molecule has 0 aromatic carbocycles. The summed E-state index contributed by atoms with van der Waals surface area (Å²) in [6, 6.07) is -0.356. The minimum absolute atomic E-state index is 0.0262. The van der Waals surface area contributed by atoms with Crippen LogP contribution in [-0.2, 0) is 14.3 Å². The summed E-state index contributed by atoms with van der Waals surface area (Å²) in [7, 11) is 1.66. The number of rotatable bonds is 4. The van der Waals surface area contributed by atoms with E-state index in [1.54, 1.807) is 7.05 Å². The van der Waals surface area contributed by atoms with Crippen molar-refractivity contribution in [1.29, 1.82) is 0 Å². The van der Waals surface area contributed by atoms with E-state index in [2.05, 4.69) is 0 Å². The van der Waals surface area contributed by atoms with Crippen LogP contribution in [0, 0.1) is 11.3 Å². The highest BCUT2D eigenvalue weighted by molar-refractivity contribution is 5.83. The van der Waals surface area contributed by atoms with E-state index in [9.17, 15) is 9.59 Å². The van der Waals surface area contributed by atoms with Crippen molar-refractivity contribution in [2.45, 2.75) is 33.2 Å². The topological polar surface area (TPSA) is 66.8 Å². The third kappa shape index (κ3) is 2.77. The lowest BCUT2D eigenvalue weighted by molar-refractivity contribution is -0.147. The van der Waals surface area contributed by atoms with Crippen LogP contribution in [0.4, 0.5) is 0 Å². The van der Waals surface area contributed by atoms with Gasteiger partial charge < -0.3 is 14.7 Å². The summed E-state index contributed by atoms with van der Waals surface area (Å²) in [4.78, 5) is 24.8. The monoisotopic (exact) mass is 243 g/mol. The molecule has 1 N–H and O–H groups in total. The molecular weight excluding hydrogens is 222 g/mol. The van der Waals surface area contributed by atoms with Crippen molar-refractivity contribution in [3.8, 4) is 0 Å². The molecule has 5 nitrogen and oxygen atoms in total. The molecule has 2 unspecified atom stereocenters. The van der Waals surface area contributed by atoms with E-state index in [-0.39, 0.29) is 18.6 Å². The highest BCUT2D eigenvalue weighted by atomic mass is 16.5. The van der Waals surface area contributed by atoms with E-state index in [4.69, 9.17) is 9.84 Å². The molecule has 0 aromatic heterocycles. The second kappa shape index (κ2) is 5.04. The van der Waals surface area contributed by atoms with Crippen LogP contribution < -0.4 is 0 Å². The zero-order chi connectivity index (χ0) is 13.2. The minimum atomic E-state index is -0.901. The second-order valence-electron chi connectivity index (χ2n) is 5.20. The largest absolute Gasteiger partial charge is 0.481 e. The Kier molecular flexibility index (Phi) is 4.14. The van der Waals surface area contributed by atoms with E-state index in [1.165, 1.54) is 4.90 Å². The number of likely N-dealkylation sites (N-methyl/N-ethyl adjacent to an activating group) is 1. The van der Waals surface area contributed by atoms with Gasteiger partial charge in [0.25, 0.3) is 0 Å². The fourth-order valence-corrected chi connectivity index (χ4v) is 1.94. The summed E-state index contributed by atoms with van der Waals surface area (Å²) >= 11 is 0. The standard InChI is InChI=1S/C12H21NO4/c1-5-12(2,3)11(16)13(4)9-7-17-6-8(9)10(14)15/h8-9H,5-7H2,1-4H3,(H,14,15). The van der Waals surface area contributed by atoms with Crippen LogP contribution in [-0.4, -0.2) is 48.2 Å². The average Bonchev–Trinajstić information content (AvgIpc) is 2.75. The van der Waals surface area contributed by atoms with Gasteiger partial charge in [0.2, 0.25) is 5.91 Å². The molecule has 5 heteroatoms. The molecule has 1 saturated heterocycles. The zero-order valence-electron chi connectivity index (χ0n) is 10.9. The van der Waals surface area contributed by atoms with E-state index in [1.807, 2.05) is 20.8 Å². The van der Waals surface area contributed by atoms with Gasteiger partial charge in [-0.1, -0.05) is 20.8 Å². The highest BCUT2D eigenvalue weighted by Gasteiger charge is 2.41. The summed E-state index contributed by atoms with van der Waals surface area (Å²) in [5, 5.41) is 9.06. The molecule has 1 heterocycles. The average molecular weight is 243 g/mol. The van der Waals surface area contributed by atoms with Gasteiger partial charge in [-0.05, 0) is 6.42 Å². The number of hydrogen-bond acceptors (Lipinski definition) is 3. The maximum atomic E-state index is 12.2. The molecule has 1 fully saturated rings. The number of nitrogens with zero attached hydrogens (tertiary/aromatic N) is 1. The molecule has 1 aliphatic heterocycles. The fourth-order valence-electron chi connectivity index (χ4n) is 1.94. The fraction of sp³-hybridized carbons (Fsp3) is 0.833. The van der Waals surface area contributed by atoms with Crippen molar-refractivity contribution in [3.05, 3.63) is 0 Å². The van der Waals surface area contributed by atoms with Gasteiger partial charge in [-0.2, -0.15) is 0 Å². The molecular formula is C12H21NO4. The number of carboxylic acid groups (broad SMARTS) is 1. The first-order valence-corrected chi connectivity index (χ1v) is 5.89. The minimum Gasteiger partial charge on any atom is -0.481 e. The Labute approximate surface area is 102 Å². The highest BCUT2D eigenvalue weighted by Crippen LogP contribution is 2.27. The van der Waals surface area contributed by atoms with Crippen LogP contribution in [0.2, 0.25) is 0 Å². The van der Waals surface area contributed by atoms with E-state index in [0.717, 1.165) is 6.42 Å². The van der Waals surface area contributed by atoms with Gasteiger partial charge in [0.05, 0.1) is 19.3 Å². The maximum absolute atomic E-state index is 12.2. The van der Waals surface area contributed by atoms with Gasteiger partial charge >= 0.3 is 5.97 Å². The van der Waals surface area contributed by atoms with Crippen LogP contribution in [0.15, 0.2) is 0 Å². The molecule has 1 aliphatic rings. The van der Waals surface area contributed by atoms with Gasteiger partial charge in [0, 0.05) is 12.5 Å². The van der Waals surface area contributed by atoms with Crippen molar-refractivity contribution in [2.24, 2.45) is 11.3 Å². The van der Waals surface area contributed by atoms with Crippen molar-refractivity contribution >= 4 is 11.9 Å². The number of carboxylic acids is 1. The lowest BCUT2D eigenvalue weighted by Gasteiger charge is -2.33. The number of amides is 1. The third-order valence-corrected chi connectivity index (χ3v) is 3.65. The molecule has 2 atom stereocenters. The van der Waals surface area contributed by atoms with Gasteiger partial charge in [0.1, 0.15) is 5.92 Å². The summed E-state index contributed by atoms with van der Waals surface area (Å²) < 4.78 is 5.17. The molecule has 98 valence electrons. The predicted molar refractivity (Wildman–Crippen MR) is 62.6 cm³/mol. The Balaban J connectivity index is 2.79. The molecule has 0 aromatic rings. The number of aliphatic carboxylic acids is 1. The second-order valence-corrected chi connectivity index (χ2v) is 5.20. The predicted octanol–water partition coefficient (Wildman–Crippen LogP) is 0.981. The van der Waals surface area contributed by atoms with Gasteiger partial charge in [-0.25, -0.2) is 0 Å². The molecule has 0 saturated carbocycles. The van der Waals surface area contributed by atoms with Crippen molar-refractivity contribution < 1.29 is 19.4 Å². The summed E-state index contributed by atoms with van der Waals surface area (Å²) in [5.41, 5.74) is -0.458. The Morgan fingerprint density at radius 1 is 1.41 bits per heavy atom. The first-order chi connectivity index (χ1) is 7.81. The molecule has 17 heavy (non-hydrogen) atoms. The molecule has 0 spiro atoms. The number of hydrogen-bond donors (Lipinski definition) is 1. The molecule has 1 amide bonds. The molecule has 0 radical (unpaired) electrons. The van der Waals surface area contributed by atoms with E-state index >= 15 is 0 Å². The van der Waals surface area contributed by atoms with E-state index < -0.39 is 17.3 Å². The van der Waals surface area contributed by atoms with Crippen molar-refractivity contribution in [3.63, 3.8) is 0 Å². The molecule has 1 rings (SSSR count). The number of ether oxygens (including phenoxy) is 1. The quantitative estimate of drug-likeness (QED) is 0.799. The Hall–Kier alpha value is -1.10. The lowest BCUT2D eigenvalue weighted by Crippen LogP contribution is -2.48. The molecule has 0 bridgehead atoms. The van der Waals surface area contributed by atoms with Crippen LogP contribution in [0.1, 0.15) is 27.2 Å². The smallest absolute Gasteiger partial charge is 0.311 e. The summed E-state index contributed by atoms with van der Waals surface area (Å²) in [6.45, 7) is 6.18. The first kappa shape index (κ1) is 14.0. The van der Waals surface area contributed by atoms with Gasteiger partial charge in [-0.3, -0.25) is 9.59 Å². The van der Waals surface area contributed by atoms with Crippen molar-refractivity contribution in [2.75, 3.05) is 20.3 Å². The normalized spacial score (nSPS) is 24.7. The SMILES string of the molecule is CCC(C)(C)C(=O)N(C)C1COCC1C(=O)O. The maximum Gasteiger partial charge on any atom is 0.311 e. The summed E-state index contributed by atoms with van der Waals surface area (Å²) in [5.74, 6) is -1.54. The van der Waals surface area contributed by atoms with Crippen LogP contribution in [0.25, 0.3) is 0 Å². The first-order valence-electron chi connectivity index (χ1n) is 5.89. The number of carbonyl (C=O) groups excluding carboxylic acids is 1. The lowest BCUT2D eigenvalue weighted by atomic mass is 9.87. The third-order valence-electron chi connectivity index (χ3n) is 3.65. The van der Waals surface area contributed by atoms with Crippen LogP contribution in [0.3, 0.4) is 0 Å². The Morgan fingerprint density at radius 3 is 2.47 bits per heavy atom. The van der Waals surface area contributed by atoms with Crippen molar-refractivity contribution in [1.82, 2.24) is 4.90 Å². The van der Waals surface area contributed by atoms with Crippen LogP contribution in [0.5, 0.6) is 0 Å². The van der Waals surface area contributed by atoms with Crippen LogP contribution >= 0.6 is 0 Å². The zero-order valence-corrected chi connectivity index (χ0v) is 10.9. The Bertz CT molecular complexity index is 314. The Morgan fingerprint density at radius 2 is 2.00 bits per heavy atom. The van der Waals surface area contributed by atoms with Gasteiger partial charge in [-0.15, -0.1) is 0 Å². The number of carbonyl (C=O) groups is 2. The van der Waals surface area contributed by atoms with Gasteiger partial charge in [0.15, 0.2) is 0 Å². The van der Waals surface area contributed by atoms with E-state index in [0.29, 0.717) is 6.61 Å². The summed E-state index contributed by atoms with van der Waals surface area (Å²) in [6.07, 6.45) is 0.724. The molecule has 0 aliphatic carbocycles.